The van der Waals surface area contributed by atoms with E-state index < -0.39 is 30.9 Å². The Morgan fingerprint density at radius 3 is 2.42 bits per heavy atom. The number of rotatable bonds is 7. The first-order valence-corrected chi connectivity index (χ1v) is 6.96. The van der Waals surface area contributed by atoms with E-state index in [9.17, 15) is 18.8 Å². The fourth-order valence-electron chi connectivity index (χ4n) is 1.72. The van der Waals surface area contributed by atoms with Crippen LogP contribution in [0, 0.1) is 5.82 Å². The Kier molecular flexibility index (Phi) is 6.01. The number of aldehydes is 1. The molecule has 124 valence electrons. The van der Waals surface area contributed by atoms with Gasteiger partial charge in [0.15, 0.2) is 13.2 Å². The van der Waals surface area contributed by atoms with Gasteiger partial charge >= 0.3 is 5.97 Å². The maximum atomic E-state index is 13.3. The molecule has 1 N–H and O–H groups in total. The largest absolute Gasteiger partial charge is 0.482 e. The molecular weight excluding hydrogens is 317 g/mol. The number of anilines is 1. The molecule has 0 fully saturated rings. The average molecular weight is 331 g/mol. The van der Waals surface area contributed by atoms with Crippen molar-refractivity contribution in [2.75, 3.05) is 18.5 Å². The highest BCUT2D eigenvalue weighted by molar-refractivity contribution is 5.92. The molecule has 0 atom stereocenters. The van der Waals surface area contributed by atoms with Gasteiger partial charge in [-0.25, -0.2) is 9.18 Å². The van der Waals surface area contributed by atoms with Crippen molar-refractivity contribution in [3.05, 3.63) is 59.9 Å². The van der Waals surface area contributed by atoms with Crippen LogP contribution < -0.4 is 10.1 Å². The Morgan fingerprint density at radius 2 is 1.75 bits per heavy atom. The lowest BCUT2D eigenvalue weighted by Gasteiger charge is -2.08. The number of amides is 1. The Labute approximate surface area is 137 Å². The molecule has 1 amide bonds. The number of ether oxygens (including phenoxy) is 2. The summed E-state index contributed by atoms with van der Waals surface area (Å²) >= 11 is 0. The third-order valence-corrected chi connectivity index (χ3v) is 2.89. The van der Waals surface area contributed by atoms with Gasteiger partial charge in [-0.3, -0.25) is 9.59 Å². The summed E-state index contributed by atoms with van der Waals surface area (Å²) in [7, 11) is 0. The second-order valence-electron chi connectivity index (χ2n) is 4.66. The number of benzene rings is 2. The molecule has 0 saturated heterocycles. The zero-order valence-corrected chi connectivity index (χ0v) is 12.5. The standard InChI is InChI=1S/C17H14FNO5/c18-14-3-1-2-4-15(14)19-16(21)10-24-17(22)11-23-13-7-5-12(9-20)6-8-13/h1-9H,10-11H2,(H,19,21). The molecule has 2 aromatic carbocycles. The van der Waals surface area contributed by atoms with E-state index in [2.05, 4.69) is 5.32 Å². The number of esters is 1. The number of carbonyl (C=O) groups excluding carboxylic acids is 3. The zero-order chi connectivity index (χ0) is 17.4. The number of para-hydroxylation sites is 1. The average Bonchev–Trinajstić information content (AvgIpc) is 2.60. The third kappa shape index (κ3) is 5.20. The van der Waals surface area contributed by atoms with E-state index in [1.54, 1.807) is 6.07 Å². The van der Waals surface area contributed by atoms with Crippen LogP contribution in [0.15, 0.2) is 48.5 Å². The summed E-state index contributed by atoms with van der Waals surface area (Å²) in [6.45, 7) is -0.950. The molecule has 0 aliphatic carbocycles. The Balaban J connectivity index is 1.73. The minimum Gasteiger partial charge on any atom is -0.482 e. The van der Waals surface area contributed by atoms with Gasteiger partial charge in [0.05, 0.1) is 5.69 Å². The molecule has 0 saturated carbocycles. The Bertz CT molecular complexity index is 730. The predicted octanol–water partition coefficient (Wildman–Crippen LogP) is 2.20. The van der Waals surface area contributed by atoms with Crippen molar-refractivity contribution in [3.63, 3.8) is 0 Å². The van der Waals surface area contributed by atoms with Crippen LogP contribution in [0.2, 0.25) is 0 Å². The summed E-state index contributed by atoms with van der Waals surface area (Å²) < 4.78 is 23.2. The van der Waals surface area contributed by atoms with Gasteiger partial charge in [-0.15, -0.1) is 0 Å². The van der Waals surface area contributed by atoms with Crippen LogP contribution in [0.4, 0.5) is 10.1 Å². The van der Waals surface area contributed by atoms with E-state index in [1.165, 1.54) is 42.5 Å². The van der Waals surface area contributed by atoms with Crippen LogP contribution in [0.1, 0.15) is 10.4 Å². The maximum absolute atomic E-state index is 13.3. The molecule has 2 rings (SSSR count). The van der Waals surface area contributed by atoms with Gasteiger partial charge in [-0.05, 0) is 36.4 Å². The number of nitrogens with one attached hydrogen (secondary N) is 1. The van der Waals surface area contributed by atoms with E-state index in [0.717, 1.165) is 0 Å². The number of halogens is 1. The number of hydrogen-bond donors (Lipinski definition) is 1. The van der Waals surface area contributed by atoms with Crippen LogP contribution in [0.5, 0.6) is 5.75 Å². The van der Waals surface area contributed by atoms with Crippen LogP contribution >= 0.6 is 0 Å². The summed E-state index contributed by atoms with van der Waals surface area (Å²) in [6, 6.07) is 11.8. The molecule has 0 aliphatic rings. The maximum Gasteiger partial charge on any atom is 0.344 e. The molecule has 2 aromatic rings. The lowest BCUT2D eigenvalue weighted by atomic mass is 10.2. The summed E-state index contributed by atoms with van der Waals surface area (Å²) in [5.41, 5.74) is 0.486. The van der Waals surface area contributed by atoms with Crippen molar-refractivity contribution < 1.29 is 28.2 Å². The highest BCUT2D eigenvalue weighted by Crippen LogP contribution is 2.12. The highest BCUT2D eigenvalue weighted by atomic mass is 19.1. The fourth-order valence-corrected chi connectivity index (χ4v) is 1.72. The Morgan fingerprint density at radius 1 is 1.04 bits per heavy atom. The number of carbonyl (C=O) groups is 3. The summed E-state index contributed by atoms with van der Waals surface area (Å²) in [5.74, 6) is -1.62. The second-order valence-corrected chi connectivity index (χ2v) is 4.66. The molecule has 0 radical (unpaired) electrons. The van der Waals surface area contributed by atoms with Gasteiger partial charge in [0.1, 0.15) is 17.9 Å². The first kappa shape index (κ1) is 17.1. The molecule has 0 aliphatic heterocycles. The first-order chi connectivity index (χ1) is 11.6. The molecule has 0 unspecified atom stereocenters. The van der Waals surface area contributed by atoms with Gasteiger partial charge in [-0.2, -0.15) is 0 Å². The van der Waals surface area contributed by atoms with E-state index in [1.807, 2.05) is 0 Å². The van der Waals surface area contributed by atoms with E-state index >= 15 is 0 Å². The summed E-state index contributed by atoms with van der Waals surface area (Å²) in [6.07, 6.45) is 0.687. The third-order valence-electron chi connectivity index (χ3n) is 2.89. The lowest BCUT2D eigenvalue weighted by Crippen LogP contribution is -2.24. The highest BCUT2D eigenvalue weighted by Gasteiger charge is 2.10. The van der Waals surface area contributed by atoms with Gasteiger partial charge < -0.3 is 14.8 Å². The fraction of sp³-hybridized carbons (Fsp3) is 0.118. The van der Waals surface area contributed by atoms with E-state index in [-0.39, 0.29) is 5.69 Å². The van der Waals surface area contributed by atoms with Gasteiger partial charge in [0, 0.05) is 5.56 Å². The van der Waals surface area contributed by atoms with E-state index in [0.29, 0.717) is 17.6 Å². The summed E-state index contributed by atoms with van der Waals surface area (Å²) in [4.78, 5) is 33.6. The van der Waals surface area contributed by atoms with Crippen molar-refractivity contribution in [1.29, 1.82) is 0 Å². The molecule has 7 heteroatoms. The molecule has 0 aromatic heterocycles. The molecule has 0 heterocycles. The van der Waals surface area contributed by atoms with Gasteiger partial charge in [0.2, 0.25) is 0 Å². The SMILES string of the molecule is O=Cc1ccc(OCC(=O)OCC(=O)Nc2ccccc2F)cc1. The van der Waals surface area contributed by atoms with E-state index in [4.69, 9.17) is 9.47 Å². The second kappa shape index (κ2) is 8.42. The molecule has 0 spiro atoms. The molecule has 0 bridgehead atoms. The van der Waals surface area contributed by atoms with Crippen LogP contribution in [0.25, 0.3) is 0 Å². The smallest absolute Gasteiger partial charge is 0.344 e. The van der Waals surface area contributed by atoms with Crippen molar-refractivity contribution in [2.45, 2.75) is 0 Å². The first-order valence-electron chi connectivity index (χ1n) is 6.96. The number of hydrogen-bond acceptors (Lipinski definition) is 5. The zero-order valence-electron chi connectivity index (χ0n) is 12.5. The predicted molar refractivity (Wildman–Crippen MR) is 83.3 cm³/mol. The quantitative estimate of drug-likeness (QED) is 0.621. The Hall–Kier alpha value is -3.22. The van der Waals surface area contributed by atoms with Gasteiger partial charge in [0.25, 0.3) is 5.91 Å². The minimum absolute atomic E-state index is 0.00469. The van der Waals surface area contributed by atoms with Crippen molar-refractivity contribution in [2.24, 2.45) is 0 Å². The monoisotopic (exact) mass is 331 g/mol. The van der Waals surface area contributed by atoms with Crippen LogP contribution in [-0.4, -0.2) is 31.4 Å². The lowest BCUT2D eigenvalue weighted by molar-refractivity contribution is -0.149. The van der Waals surface area contributed by atoms with Crippen molar-refractivity contribution in [1.82, 2.24) is 0 Å². The molecule has 24 heavy (non-hydrogen) atoms. The topological polar surface area (TPSA) is 81.7 Å². The normalized spacial score (nSPS) is 9.88. The van der Waals surface area contributed by atoms with Crippen LogP contribution in [-0.2, 0) is 14.3 Å². The summed E-state index contributed by atoms with van der Waals surface area (Å²) in [5, 5.41) is 2.29. The minimum atomic E-state index is -0.752. The van der Waals surface area contributed by atoms with Crippen molar-refractivity contribution in [3.8, 4) is 5.75 Å². The van der Waals surface area contributed by atoms with Crippen LogP contribution in [0.3, 0.4) is 0 Å². The molecule has 6 nitrogen and oxygen atoms in total. The van der Waals surface area contributed by atoms with Crippen molar-refractivity contribution >= 4 is 23.9 Å². The molecular formula is C17H14FNO5. The van der Waals surface area contributed by atoms with Gasteiger partial charge in [-0.1, -0.05) is 12.1 Å².